The Labute approximate surface area is 136 Å². The summed E-state index contributed by atoms with van der Waals surface area (Å²) in [6, 6.07) is 6.37. The Morgan fingerprint density at radius 2 is 1.92 bits per heavy atom. The maximum atomic E-state index is 12.5. The van der Waals surface area contributed by atoms with Crippen LogP contribution in [0.25, 0.3) is 0 Å². The molecule has 3 rings (SSSR count). The van der Waals surface area contributed by atoms with E-state index in [1.54, 1.807) is 10.6 Å². The van der Waals surface area contributed by atoms with Crippen LogP contribution >= 0.6 is 0 Å². The minimum absolute atomic E-state index is 0.0394. The van der Waals surface area contributed by atoms with Crippen molar-refractivity contribution < 1.29 is 17.9 Å². The maximum Gasteiger partial charge on any atom is 0.416 e. The van der Waals surface area contributed by atoms with Gasteiger partial charge in [0.25, 0.3) is 0 Å². The zero-order chi connectivity index (χ0) is 17.3. The molecule has 0 fully saturated rings. The number of hydrogen-bond donors (Lipinski definition) is 0. The van der Waals surface area contributed by atoms with Gasteiger partial charge in [-0.2, -0.15) is 18.2 Å². The molecule has 1 aliphatic heterocycles. The predicted octanol–water partition coefficient (Wildman–Crippen LogP) is 2.68. The van der Waals surface area contributed by atoms with Gasteiger partial charge in [0.2, 0.25) is 5.88 Å². The summed E-state index contributed by atoms with van der Waals surface area (Å²) < 4.78 is 44.6. The first-order chi connectivity index (χ1) is 11.3. The zero-order valence-corrected chi connectivity index (χ0v) is 13.0. The minimum Gasteiger partial charge on any atom is -0.473 e. The van der Waals surface area contributed by atoms with Crippen molar-refractivity contribution in [2.75, 3.05) is 18.5 Å². The highest BCUT2D eigenvalue weighted by atomic mass is 19.4. The molecular weight excluding hydrogens is 323 g/mol. The molecule has 24 heavy (non-hydrogen) atoms. The highest BCUT2D eigenvalue weighted by molar-refractivity contribution is 5.42. The van der Waals surface area contributed by atoms with Gasteiger partial charge in [0.1, 0.15) is 12.4 Å². The van der Waals surface area contributed by atoms with Gasteiger partial charge in [-0.25, -0.2) is 4.79 Å². The van der Waals surface area contributed by atoms with Gasteiger partial charge in [0.05, 0.1) is 5.56 Å². The second-order valence-corrected chi connectivity index (χ2v) is 5.65. The fourth-order valence-electron chi connectivity index (χ4n) is 2.60. The molecule has 0 bridgehead atoms. The zero-order valence-electron chi connectivity index (χ0n) is 13.0. The number of halogens is 3. The molecule has 5 nitrogen and oxygen atoms in total. The number of benzene rings is 1. The van der Waals surface area contributed by atoms with Gasteiger partial charge < -0.3 is 9.64 Å². The Morgan fingerprint density at radius 3 is 2.58 bits per heavy atom. The Hall–Kier alpha value is -2.51. The molecule has 0 unspecified atom stereocenters. The molecule has 1 aromatic carbocycles. The van der Waals surface area contributed by atoms with Gasteiger partial charge in [-0.1, -0.05) is 12.1 Å². The van der Waals surface area contributed by atoms with Crippen LogP contribution in [-0.4, -0.2) is 23.1 Å². The summed E-state index contributed by atoms with van der Waals surface area (Å²) >= 11 is 0. The van der Waals surface area contributed by atoms with E-state index in [0.717, 1.165) is 30.9 Å². The molecule has 0 saturated heterocycles. The van der Waals surface area contributed by atoms with Gasteiger partial charge in [0.15, 0.2) is 0 Å². The largest absolute Gasteiger partial charge is 0.473 e. The molecule has 0 spiro atoms. The lowest BCUT2D eigenvalue weighted by Gasteiger charge is -2.28. The summed E-state index contributed by atoms with van der Waals surface area (Å²) in [5.41, 5.74) is -0.532. The molecule has 0 amide bonds. The maximum absolute atomic E-state index is 12.5. The van der Waals surface area contributed by atoms with E-state index in [9.17, 15) is 18.0 Å². The highest BCUT2D eigenvalue weighted by Crippen LogP contribution is 2.29. The van der Waals surface area contributed by atoms with E-state index < -0.39 is 11.7 Å². The van der Waals surface area contributed by atoms with Crippen LogP contribution in [-0.2, 0) is 19.3 Å². The lowest BCUT2D eigenvalue weighted by atomic mass is 10.1. The number of anilines is 1. The number of rotatable bonds is 3. The summed E-state index contributed by atoms with van der Waals surface area (Å²) in [5.74, 6) is 0.892. The van der Waals surface area contributed by atoms with E-state index in [2.05, 4.69) is 4.98 Å². The number of fused-ring (bicyclic) bond motifs is 1. The molecule has 2 aromatic rings. The molecule has 0 N–H and O–H groups in total. The number of alkyl halides is 3. The SMILES string of the molecule is CN1CCCn2c1cc(OCc1ccc(C(F)(F)F)cc1)nc2=O. The first kappa shape index (κ1) is 16.4. The molecule has 128 valence electrons. The van der Waals surface area contributed by atoms with Crippen molar-refractivity contribution in [1.82, 2.24) is 9.55 Å². The number of nitrogens with zero attached hydrogens (tertiary/aromatic N) is 3. The van der Waals surface area contributed by atoms with Crippen molar-refractivity contribution >= 4 is 5.82 Å². The third kappa shape index (κ3) is 3.37. The van der Waals surface area contributed by atoms with Crippen LogP contribution in [0.2, 0.25) is 0 Å². The van der Waals surface area contributed by atoms with Crippen molar-refractivity contribution in [3.05, 3.63) is 51.9 Å². The van der Waals surface area contributed by atoms with Crippen molar-refractivity contribution in [3.8, 4) is 5.88 Å². The standard InChI is InChI=1S/C16H16F3N3O2/c1-21-7-2-8-22-14(21)9-13(20-15(22)23)24-10-11-3-5-12(6-4-11)16(17,18)19/h3-6,9H,2,7-8,10H2,1H3. The molecule has 0 aliphatic carbocycles. The van der Waals surface area contributed by atoms with E-state index in [4.69, 9.17) is 4.74 Å². The van der Waals surface area contributed by atoms with E-state index >= 15 is 0 Å². The fraction of sp³-hybridized carbons (Fsp3) is 0.375. The average Bonchev–Trinajstić information content (AvgIpc) is 2.53. The second-order valence-electron chi connectivity index (χ2n) is 5.65. The van der Waals surface area contributed by atoms with Crippen LogP contribution in [0.3, 0.4) is 0 Å². The van der Waals surface area contributed by atoms with E-state index in [1.165, 1.54) is 12.1 Å². The van der Waals surface area contributed by atoms with Gasteiger partial charge in [-0.15, -0.1) is 0 Å². The average molecular weight is 339 g/mol. The third-order valence-electron chi connectivity index (χ3n) is 3.90. The summed E-state index contributed by atoms with van der Waals surface area (Å²) in [7, 11) is 1.88. The van der Waals surface area contributed by atoms with E-state index in [1.807, 2.05) is 11.9 Å². The molecular formula is C16H16F3N3O2. The lowest BCUT2D eigenvalue weighted by Crippen LogP contribution is -2.36. The quantitative estimate of drug-likeness (QED) is 0.863. The predicted molar refractivity (Wildman–Crippen MR) is 82.2 cm³/mol. The minimum atomic E-state index is -4.36. The van der Waals surface area contributed by atoms with Crippen molar-refractivity contribution in [2.45, 2.75) is 25.7 Å². The number of aromatic nitrogens is 2. The van der Waals surface area contributed by atoms with Gasteiger partial charge in [-0.3, -0.25) is 4.57 Å². The van der Waals surface area contributed by atoms with E-state index in [-0.39, 0.29) is 18.2 Å². The van der Waals surface area contributed by atoms with Gasteiger partial charge in [0, 0.05) is 26.2 Å². The topological polar surface area (TPSA) is 47.4 Å². The monoisotopic (exact) mass is 339 g/mol. The molecule has 8 heteroatoms. The fourth-order valence-corrected chi connectivity index (χ4v) is 2.60. The Kier molecular flexibility index (Phi) is 4.21. The van der Waals surface area contributed by atoms with Crippen LogP contribution in [0.1, 0.15) is 17.5 Å². The van der Waals surface area contributed by atoms with Crippen LogP contribution < -0.4 is 15.3 Å². The lowest BCUT2D eigenvalue weighted by molar-refractivity contribution is -0.137. The van der Waals surface area contributed by atoms with Crippen LogP contribution in [0.5, 0.6) is 5.88 Å². The Bertz CT molecular complexity index is 785. The third-order valence-corrected chi connectivity index (χ3v) is 3.90. The molecule has 1 aliphatic rings. The van der Waals surface area contributed by atoms with Crippen LogP contribution in [0.15, 0.2) is 35.1 Å². The van der Waals surface area contributed by atoms with Crippen LogP contribution in [0.4, 0.5) is 19.0 Å². The smallest absolute Gasteiger partial charge is 0.416 e. The summed E-state index contributed by atoms with van der Waals surface area (Å²) in [4.78, 5) is 17.8. The first-order valence-electron chi connectivity index (χ1n) is 7.46. The number of ether oxygens (including phenoxy) is 1. The number of hydrogen-bond acceptors (Lipinski definition) is 4. The van der Waals surface area contributed by atoms with Crippen molar-refractivity contribution in [3.63, 3.8) is 0 Å². The van der Waals surface area contributed by atoms with Crippen molar-refractivity contribution in [2.24, 2.45) is 0 Å². The van der Waals surface area contributed by atoms with Gasteiger partial charge in [-0.05, 0) is 24.1 Å². The van der Waals surface area contributed by atoms with Gasteiger partial charge >= 0.3 is 11.9 Å². The molecule has 0 radical (unpaired) electrons. The highest BCUT2D eigenvalue weighted by Gasteiger charge is 2.29. The van der Waals surface area contributed by atoms with Crippen molar-refractivity contribution in [1.29, 1.82) is 0 Å². The van der Waals surface area contributed by atoms with Crippen LogP contribution in [0, 0.1) is 0 Å². The molecule has 2 heterocycles. The normalized spacial score (nSPS) is 14.4. The van der Waals surface area contributed by atoms with E-state index in [0.29, 0.717) is 12.1 Å². The summed E-state index contributed by atoms with van der Waals surface area (Å²) in [6.45, 7) is 1.49. The Morgan fingerprint density at radius 1 is 1.21 bits per heavy atom. The molecule has 1 aromatic heterocycles. The molecule has 0 atom stereocenters. The molecule has 0 saturated carbocycles. The summed E-state index contributed by atoms with van der Waals surface area (Å²) in [5, 5.41) is 0. The summed E-state index contributed by atoms with van der Waals surface area (Å²) in [6.07, 6.45) is -3.49. The second kappa shape index (κ2) is 6.18. The first-order valence-corrected chi connectivity index (χ1v) is 7.46. The Balaban J connectivity index is 1.74.